The van der Waals surface area contributed by atoms with Crippen LogP contribution in [0.2, 0.25) is 0 Å². The molecule has 0 aliphatic heterocycles. The van der Waals surface area contributed by atoms with Crippen molar-refractivity contribution in [2.45, 2.75) is 91.4 Å². The van der Waals surface area contributed by atoms with Gasteiger partial charge in [0.1, 0.15) is 11.5 Å². The first-order chi connectivity index (χ1) is 13.8. The van der Waals surface area contributed by atoms with Crippen molar-refractivity contribution in [2.24, 2.45) is 0 Å². The van der Waals surface area contributed by atoms with E-state index in [0.29, 0.717) is 17.4 Å². The lowest BCUT2D eigenvalue weighted by Crippen LogP contribution is -2.14. The van der Waals surface area contributed by atoms with Crippen LogP contribution in [0.1, 0.15) is 100 Å². The second-order valence-corrected chi connectivity index (χ2v) is 11.1. The van der Waals surface area contributed by atoms with E-state index in [4.69, 9.17) is 0 Å². The van der Waals surface area contributed by atoms with Crippen molar-refractivity contribution >= 4 is 5.57 Å². The van der Waals surface area contributed by atoms with Crippen molar-refractivity contribution in [3.8, 4) is 11.5 Å². The van der Waals surface area contributed by atoms with Gasteiger partial charge < -0.3 is 10.2 Å². The molecule has 3 rings (SSSR count). The molecule has 1 aliphatic rings. The largest absolute Gasteiger partial charge is 0.508 e. The molecule has 2 aromatic carbocycles. The molecule has 0 spiro atoms. The Morgan fingerprint density at radius 2 is 1.30 bits per heavy atom. The lowest BCUT2D eigenvalue weighted by atomic mass is 9.77. The predicted octanol–water partition coefficient (Wildman–Crippen LogP) is 7.66. The number of phenolic OH excluding ortho intramolecular Hbond substituents is 2. The quantitative estimate of drug-likeness (QED) is 0.537. The Morgan fingerprint density at radius 3 is 1.87 bits per heavy atom. The molecule has 1 atom stereocenters. The van der Waals surface area contributed by atoms with Crippen molar-refractivity contribution in [3.63, 3.8) is 0 Å². The van der Waals surface area contributed by atoms with Crippen molar-refractivity contribution in [2.75, 3.05) is 0 Å². The van der Waals surface area contributed by atoms with Gasteiger partial charge in [0.05, 0.1) is 0 Å². The van der Waals surface area contributed by atoms with E-state index in [9.17, 15) is 10.2 Å². The third-order valence-corrected chi connectivity index (χ3v) is 6.45. The summed E-state index contributed by atoms with van der Waals surface area (Å²) < 4.78 is 0. The third kappa shape index (κ3) is 4.43. The molecule has 0 amide bonds. The molecule has 2 heteroatoms. The summed E-state index contributed by atoms with van der Waals surface area (Å²) in [4.78, 5) is 0. The third-order valence-electron chi connectivity index (χ3n) is 6.45. The summed E-state index contributed by atoms with van der Waals surface area (Å²) in [7, 11) is 0. The predicted molar refractivity (Wildman–Crippen MR) is 128 cm³/mol. The highest BCUT2D eigenvalue weighted by Crippen LogP contribution is 2.43. The Hall–Kier alpha value is -2.22. The molecule has 2 aromatic rings. The minimum Gasteiger partial charge on any atom is -0.508 e. The highest BCUT2D eigenvalue weighted by molar-refractivity contribution is 5.72. The van der Waals surface area contributed by atoms with Crippen LogP contribution in [0, 0.1) is 13.8 Å². The topological polar surface area (TPSA) is 40.5 Å². The highest BCUT2D eigenvalue weighted by Gasteiger charge is 2.25. The van der Waals surface area contributed by atoms with Crippen LogP contribution in [0.25, 0.3) is 5.57 Å². The summed E-state index contributed by atoms with van der Waals surface area (Å²) in [5.41, 5.74) is 8.06. The van der Waals surface area contributed by atoms with Gasteiger partial charge in [-0.25, -0.2) is 0 Å². The van der Waals surface area contributed by atoms with Crippen LogP contribution >= 0.6 is 0 Å². The maximum atomic E-state index is 10.5. The second-order valence-electron chi connectivity index (χ2n) is 11.1. The molecule has 0 bridgehead atoms. The Bertz CT molecular complexity index is 981. The van der Waals surface area contributed by atoms with Gasteiger partial charge in [-0.2, -0.15) is 0 Å². The maximum Gasteiger partial charge on any atom is 0.119 e. The zero-order valence-corrected chi connectivity index (χ0v) is 20.0. The van der Waals surface area contributed by atoms with Gasteiger partial charge in [-0.1, -0.05) is 53.7 Å². The molecule has 2 N–H and O–H groups in total. The van der Waals surface area contributed by atoms with Gasteiger partial charge in [0.2, 0.25) is 0 Å². The summed E-state index contributed by atoms with van der Waals surface area (Å²) in [5, 5.41) is 21.0. The number of aryl methyl sites for hydroxylation is 2. The molecular formula is C28H38O2. The maximum absolute atomic E-state index is 10.5. The molecule has 0 saturated heterocycles. The molecule has 1 unspecified atom stereocenters. The zero-order chi connectivity index (χ0) is 22.4. The summed E-state index contributed by atoms with van der Waals surface area (Å²) >= 11 is 0. The van der Waals surface area contributed by atoms with Crippen LogP contribution in [-0.4, -0.2) is 10.2 Å². The lowest BCUT2D eigenvalue weighted by molar-refractivity contribution is 0.445. The molecule has 162 valence electrons. The summed E-state index contributed by atoms with van der Waals surface area (Å²) in [5.74, 6) is 1.13. The smallest absolute Gasteiger partial charge is 0.119 e. The van der Waals surface area contributed by atoms with E-state index in [1.165, 1.54) is 16.7 Å². The number of phenols is 2. The average molecular weight is 407 g/mol. The Labute approximate surface area is 182 Å². The fourth-order valence-corrected chi connectivity index (χ4v) is 4.74. The lowest BCUT2D eigenvalue weighted by Gasteiger charge is -2.28. The van der Waals surface area contributed by atoms with E-state index in [-0.39, 0.29) is 10.8 Å². The molecule has 2 nitrogen and oxygen atoms in total. The van der Waals surface area contributed by atoms with Crippen LogP contribution in [0.3, 0.4) is 0 Å². The summed E-state index contributed by atoms with van der Waals surface area (Å²) in [6.07, 6.45) is 5.77. The number of hydrogen-bond donors (Lipinski definition) is 2. The van der Waals surface area contributed by atoms with Crippen LogP contribution in [-0.2, 0) is 10.8 Å². The van der Waals surface area contributed by atoms with E-state index in [1.807, 2.05) is 12.1 Å². The SMILES string of the molecule is Cc1cc(O)c(C(C)(C)C)cc1C1=CC(c2cc(C(C)(C)C)c(O)cc2C)CCC1. The number of allylic oxidation sites excluding steroid dienone is 2. The number of benzene rings is 2. The van der Waals surface area contributed by atoms with E-state index in [2.05, 4.69) is 73.6 Å². The molecular weight excluding hydrogens is 368 g/mol. The van der Waals surface area contributed by atoms with Gasteiger partial charge in [0.25, 0.3) is 0 Å². The molecule has 0 saturated carbocycles. The minimum atomic E-state index is -0.101. The van der Waals surface area contributed by atoms with Crippen LogP contribution in [0.5, 0.6) is 11.5 Å². The molecule has 0 fully saturated rings. The van der Waals surface area contributed by atoms with Crippen molar-refractivity contribution in [1.82, 2.24) is 0 Å². The number of aromatic hydroxyl groups is 2. The van der Waals surface area contributed by atoms with Crippen molar-refractivity contribution in [1.29, 1.82) is 0 Å². The summed E-state index contributed by atoms with van der Waals surface area (Å²) in [6, 6.07) is 8.27. The van der Waals surface area contributed by atoms with Gasteiger partial charge in [-0.05, 0) is 101 Å². The first kappa shape index (κ1) is 22.5. The van der Waals surface area contributed by atoms with Crippen LogP contribution in [0.15, 0.2) is 30.3 Å². The van der Waals surface area contributed by atoms with E-state index in [1.54, 1.807) is 0 Å². The molecule has 0 aromatic heterocycles. The number of hydrogen-bond acceptors (Lipinski definition) is 2. The van der Waals surface area contributed by atoms with Crippen molar-refractivity contribution in [3.05, 3.63) is 63.7 Å². The van der Waals surface area contributed by atoms with Gasteiger partial charge in [-0.15, -0.1) is 0 Å². The Morgan fingerprint density at radius 1 is 0.767 bits per heavy atom. The average Bonchev–Trinajstić information content (AvgIpc) is 2.59. The van der Waals surface area contributed by atoms with E-state index < -0.39 is 0 Å². The standard InChI is InChI=1S/C28H38O2/c1-17-12-25(29)23(27(3,4)5)15-21(17)19-10-9-11-20(14-19)22-16-24(28(6,7)8)26(30)13-18(22)2/h12-16,19,29-30H,9-11H2,1-8H3. The number of rotatable bonds is 2. The molecule has 30 heavy (non-hydrogen) atoms. The fourth-order valence-electron chi connectivity index (χ4n) is 4.74. The highest BCUT2D eigenvalue weighted by atomic mass is 16.3. The first-order valence-corrected chi connectivity index (χ1v) is 11.2. The fraction of sp³-hybridized carbons (Fsp3) is 0.500. The minimum absolute atomic E-state index is 0.0943. The monoisotopic (exact) mass is 406 g/mol. The van der Waals surface area contributed by atoms with Gasteiger partial charge in [-0.3, -0.25) is 0 Å². The first-order valence-electron chi connectivity index (χ1n) is 11.2. The van der Waals surface area contributed by atoms with E-state index in [0.717, 1.165) is 41.5 Å². The van der Waals surface area contributed by atoms with Gasteiger partial charge >= 0.3 is 0 Å². The molecule has 0 radical (unpaired) electrons. The van der Waals surface area contributed by atoms with Crippen LogP contribution < -0.4 is 0 Å². The molecule has 1 aliphatic carbocycles. The van der Waals surface area contributed by atoms with E-state index >= 15 is 0 Å². The zero-order valence-electron chi connectivity index (χ0n) is 20.0. The van der Waals surface area contributed by atoms with Gasteiger partial charge in [0.15, 0.2) is 0 Å². The normalized spacial score (nSPS) is 17.7. The summed E-state index contributed by atoms with van der Waals surface area (Å²) in [6.45, 7) is 17.1. The van der Waals surface area contributed by atoms with Crippen LogP contribution in [0.4, 0.5) is 0 Å². The Balaban J connectivity index is 2.09. The Kier molecular flexibility index (Phi) is 5.84. The van der Waals surface area contributed by atoms with Crippen molar-refractivity contribution < 1.29 is 10.2 Å². The second kappa shape index (κ2) is 7.80. The molecule has 0 heterocycles. The van der Waals surface area contributed by atoms with Gasteiger partial charge in [0, 0.05) is 5.92 Å².